The summed E-state index contributed by atoms with van der Waals surface area (Å²) in [5, 5.41) is 0.814. The number of halogens is 1. The molecule has 2 rings (SSSR count). The largest absolute Gasteiger partial charge is 0.368 e. The van der Waals surface area contributed by atoms with Gasteiger partial charge in [-0.25, -0.2) is 0 Å². The molecule has 1 aromatic rings. The maximum Gasteiger partial charge on any atom is 0.0426 e. The first-order valence-electron chi connectivity index (χ1n) is 7.28. The lowest BCUT2D eigenvalue weighted by molar-refractivity contribution is 0.296. The van der Waals surface area contributed by atoms with E-state index in [9.17, 15) is 0 Å². The van der Waals surface area contributed by atoms with E-state index >= 15 is 0 Å². The van der Waals surface area contributed by atoms with E-state index in [0.717, 1.165) is 23.9 Å². The Labute approximate surface area is 121 Å². The van der Waals surface area contributed by atoms with Crippen molar-refractivity contribution in [1.82, 2.24) is 0 Å². The summed E-state index contributed by atoms with van der Waals surface area (Å²) in [5.41, 5.74) is 8.34. The van der Waals surface area contributed by atoms with E-state index in [1.807, 2.05) is 6.07 Å². The van der Waals surface area contributed by atoms with Crippen LogP contribution in [0.4, 0.5) is 5.69 Å². The molecule has 3 heteroatoms. The molecule has 3 unspecified atom stereocenters. The van der Waals surface area contributed by atoms with Crippen molar-refractivity contribution in [1.29, 1.82) is 0 Å². The highest BCUT2D eigenvalue weighted by Crippen LogP contribution is 2.34. The maximum atomic E-state index is 6.20. The van der Waals surface area contributed by atoms with E-state index in [-0.39, 0.29) is 0 Å². The Balaban J connectivity index is 2.35. The number of rotatable bonds is 3. The zero-order chi connectivity index (χ0) is 14.0. The molecule has 1 fully saturated rings. The van der Waals surface area contributed by atoms with Gasteiger partial charge in [-0.05, 0) is 55.8 Å². The number of benzene rings is 1. The smallest absolute Gasteiger partial charge is 0.0426 e. The lowest BCUT2D eigenvalue weighted by atomic mass is 9.85. The summed E-state index contributed by atoms with van der Waals surface area (Å²) in [6, 6.07) is 6.76. The van der Waals surface area contributed by atoms with Crippen LogP contribution in [0, 0.1) is 11.8 Å². The van der Waals surface area contributed by atoms with Gasteiger partial charge in [0.2, 0.25) is 0 Å². The third-order valence-electron chi connectivity index (χ3n) is 4.37. The Morgan fingerprint density at radius 1 is 1.32 bits per heavy atom. The van der Waals surface area contributed by atoms with Crippen LogP contribution in [0.15, 0.2) is 18.2 Å². The van der Waals surface area contributed by atoms with Crippen molar-refractivity contribution < 1.29 is 0 Å². The molecule has 0 bridgehead atoms. The lowest BCUT2D eigenvalue weighted by Crippen LogP contribution is -2.46. The summed E-state index contributed by atoms with van der Waals surface area (Å²) >= 11 is 6.20. The van der Waals surface area contributed by atoms with Gasteiger partial charge in [0.05, 0.1) is 0 Å². The van der Waals surface area contributed by atoms with Crippen LogP contribution < -0.4 is 10.6 Å². The quantitative estimate of drug-likeness (QED) is 0.914. The van der Waals surface area contributed by atoms with E-state index in [2.05, 4.69) is 37.8 Å². The second kappa shape index (κ2) is 6.15. The summed E-state index contributed by atoms with van der Waals surface area (Å²) in [5.74, 6) is 1.45. The average Bonchev–Trinajstić information content (AvgIpc) is 2.36. The number of anilines is 1. The Morgan fingerprint density at radius 3 is 2.74 bits per heavy atom. The van der Waals surface area contributed by atoms with Crippen LogP contribution in [0.1, 0.15) is 32.8 Å². The van der Waals surface area contributed by atoms with Crippen LogP contribution in [-0.2, 0) is 6.42 Å². The lowest BCUT2D eigenvalue weighted by Gasteiger charge is -2.43. The first-order valence-corrected chi connectivity index (χ1v) is 7.65. The van der Waals surface area contributed by atoms with E-state index in [1.54, 1.807) is 0 Å². The molecule has 106 valence electrons. The van der Waals surface area contributed by atoms with Gasteiger partial charge < -0.3 is 10.6 Å². The zero-order valence-corrected chi connectivity index (χ0v) is 13.0. The van der Waals surface area contributed by atoms with Gasteiger partial charge in [0, 0.05) is 23.3 Å². The minimum atomic E-state index is 0.561. The van der Waals surface area contributed by atoms with Gasteiger partial charge in [0.1, 0.15) is 0 Å². The molecule has 1 aromatic carbocycles. The van der Waals surface area contributed by atoms with Crippen molar-refractivity contribution >= 4 is 17.3 Å². The van der Waals surface area contributed by atoms with Gasteiger partial charge in [-0.3, -0.25) is 0 Å². The summed E-state index contributed by atoms with van der Waals surface area (Å²) in [4.78, 5) is 2.52. The highest BCUT2D eigenvalue weighted by atomic mass is 35.5. The fourth-order valence-corrected chi connectivity index (χ4v) is 3.37. The maximum absolute atomic E-state index is 6.20. The van der Waals surface area contributed by atoms with Crippen molar-refractivity contribution in [2.45, 2.75) is 39.7 Å². The van der Waals surface area contributed by atoms with Crippen LogP contribution in [0.3, 0.4) is 0 Å². The molecule has 1 aliphatic heterocycles. The summed E-state index contributed by atoms with van der Waals surface area (Å²) < 4.78 is 0. The zero-order valence-electron chi connectivity index (χ0n) is 12.2. The van der Waals surface area contributed by atoms with Crippen LogP contribution in [0.2, 0.25) is 5.02 Å². The molecule has 1 aliphatic rings. The Morgan fingerprint density at radius 2 is 2.05 bits per heavy atom. The summed E-state index contributed by atoms with van der Waals surface area (Å²) in [6.45, 7) is 8.80. The van der Waals surface area contributed by atoms with Gasteiger partial charge in [-0.1, -0.05) is 31.5 Å². The fourth-order valence-electron chi connectivity index (χ4n) is 3.20. The molecule has 1 heterocycles. The van der Waals surface area contributed by atoms with Gasteiger partial charge in [-0.15, -0.1) is 0 Å². The average molecular weight is 281 g/mol. The number of hydrogen-bond donors (Lipinski definition) is 1. The van der Waals surface area contributed by atoms with Gasteiger partial charge >= 0.3 is 0 Å². The molecule has 0 aromatic heterocycles. The van der Waals surface area contributed by atoms with Crippen molar-refractivity contribution in [2.75, 3.05) is 18.0 Å². The number of nitrogens with zero attached hydrogens (tertiary/aromatic N) is 1. The normalized spacial score (nSPS) is 27.6. The first-order chi connectivity index (χ1) is 9.02. The third kappa shape index (κ3) is 3.24. The Kier molecular flexibility index (Phi) is 4.75. The molecule has 0 aliphatic carbocycles. The van der Waals surface area contributed by atoms with Crippen molar-refractivity contribution in [3.63, 3.8) is 0 Å². The van der Waals surface area contributed by atoms with E-state index < -0.39 is 0 Å². The second-order valence-electron chi connectivity index (χ2n) is 6.02. The molecule has 19 heavy (non-hydrogen) atoms. The molecule has 0 amide bonds. The number of piperidine rings is 1. The highest BCUT2D eigenvalue weighted by molar-refractivity contribution is 6.30. The monoisotopic (exact) mass is 280 g/mol. The fraction of sp³-hybridized carbons (Fsp3) is 0.625. The molecule has 2 nitrogen and oxygen atoms in total. The van der Waals surface area contributed by atoms with Gasteiger partial charge in [-0.2, -0.15) is 0 Å². The van der Waals surface area contributed by atoms with Crippen molar-refractivity contribution in [2.24, 2.45) is 17.6 Å². The molecular weight excluding hydrogens is 256 g/mol. The van der Waals surface area contributed by atoms with Gasteiger partial charge in [0.15, 0.2) is 0 Å². The summed E-state index contributed by atoms with van der Waals surface area (Å²) in [6.07, 6.45) is 2.23. The minimum Gasteiger partial charge on any atom is -0.368 e. The highest BCUT2D eigenvalue weighted by Gasteiger charge is 2.29. The predicted octanol–water partition coefficient (Wildman–Crippen LogP) is 3.71. The second-order valence-corrected chi connectivity index (χ2v) is 6.46. The predicted molar refractivity (Wildman–Crippen MR) is 84.0 cm³/mol. The van der Waals surface area contributed by atoms with E-state index in [1.165, 1.54) is 17.7 Å². The van der Waals surface area contributed by atoms with Crippen molar-refractivity contribution in [3.05, 3.63) is 28.8 Å². The topological polar surface area (TPSA) is 29.3 Å². The number of hydrogen-bond acceptors (Lipinski definition) is 2. The van der Waals surface area contributed by atoms with Gasteiger partial charge in [0.25, 0.3) is 0 Å². The Hall–Kier alpha value is -0.730. The van der Waals surface area contributed by atoms with Crippen LogP contribution >= 0.6 is 11.6 Å². The molecular formula is C16H25ClN2. The van der Waals surface area contributed by atoms with Crippen LogP contribution in [-0.4, -0.2) is 19.1 Å². The molecule has 0 radical (unpaired) electrons. The molecule has 3 atom stereocenters. The summed E-state index contributed by atoms with van der Waals surface area (Å²) in [7, 11) is 0. The Bertz CT molecular complexity index is 433. The van der Waals surface area contributed by atoms with E-state index in [0.29, 0.717) is 18.5 Å². The third-order valence-corrected chi connectivity index (χ3v) is 4.60. The first kappa shape index (κ1) is 14.7. The minimum absolute atomic E-state index is 0.561. The van der Waals surface area contributed by atoms with E-state index in [4.69, 9.17) is 17.3 Å². The van der Waals surface area contributed by atoms with Crippen LogP contribution in [0.5, 0.6) is 0 Å². The number of nitrogens with two attached hydrogens (primary N) is 1. The SMILES string of the molecule is CC1CC(C)C(C)N(c2cc(Cl)ccc2CCN)C1. The standard InChI is InChI=1S/C16H25ClN2/c1-11-8-12(2)13(3)19(10-11)16-9-15(17)5-4-14(16)6-7-18/h4-5,9,11-13H,6-8,10,18H2,1-3H3. The molecule has 0 saturated carbocycles. The molecule has 0 spiro atoms. The van der Waals surface area contributed by atoms with Crippen LogP contribution in [0.25, 0.3) is 0 Å². The molecule has 2 N–H and O–H groups in total. The van der Waals surface area contributed by atoms with Crippen molar-refractivity contribution in [3.8, 4) is 0 Å². The molecule has 1 saturated heterocycles.